The Morgan fingerprint density at radius 1 is 1.71 bits per heavy atom. The number of rotatable bonds is 2. The predicted molar refractivity (Wildman–Crippen MR) is 52.7 cm³/mol. The van der Waals surface area contributed by atoms with Gasteiger partial charge in [0, 0.05) is 25.7 Å². The fraction of sp³-hybridized carbons (Fsp3) is 0.700. The van der Waals surface area contributed by atoms with Gasteiger partial charge in [0.15, 0.2) is 0 Å². The van der Waals surface area contributed by atoms with E-state index in [-0.39, 0.29) is 5.92 Å². The Kier molecular flexibility index (Phi) is 2.82. The number of alkyl halides is 1. The zero-order valence-electron chi connectivity index (χ0n) is 8.41. The summed E-state index contributed by atoms with van der Waals surface area (Å²) in [6.45, 7) is 1.81. The number of aryl methyl sites for hydroxylation is 1. The zero-order valence-corrected chi connectivity index (χ0v) is 8.41. The number of nitrogens with zero attached hydrogens (tertiary/aromatic N) is 2. The Balaban J connectivity index is 2.07. The van der Waals surface area contributed by atoms with Gasteiger partial charge in [-0.1, -0.05) is 0 Å². The van der Waals surface area contributed by atoms with Crippen molar-refractivity contribution in [3.05, 3.63) is 18.0 Å². The molecule has 1 aromatic rings. The van der Waals surface area contributed by atoms with Crippen molar-refractivity contribution < 1.29 is 4.39 Å². The molecule has 2 rings (SSSR count). The third kappa shape index (κ3) is 1.80. The molecule has 14 heavy (non-hydrogen) atoms. The topological polar surface area (TPSA) is 29.9 Å². The first kappa shape index (κ1) is 9.65. The molecule has 0 spiro atoms. The second-order valence-corrected chi connectivity index (χ2v) is 3.89. The van der Waals surface area contributed by atoms with Gasteiger partial charge in [0.25, 0.3) is 0 Å². The van der Waals surface area contributed by atoms with Crippen LogP contribution in [-0.2, 0) is 7.05 Å². The van der Waals surface area contributed by atoms with Gasteiger partial charge in [-0.15, -0.1) is 0 Å². The van der Waals surface area contributed by atoms with E-state index in [1.807, 2.05) is 0 Å². The highest BCUT2D eigenvalue weighted by molar-refractivity contribution is 5.06. The average Bonchev–Trinajstić information content (AvgIpc) is 2.65. The van der Waals surface area contributed by atoms with Crippen molar-refractivity contribution in [1.29, 1.82) is 0 Å². The van der Waals surface area contributed by atoms with Gasteiger partial charge in [-0.3, -0.25) is 4.68 Å². The van der Waals surface area contributed by atoms with Crippen LogP contribution in [0.5, 0.6) is 0 Å². The molecular formula is C10H16FN3. The average molecular weight is 197 g/mol. The summed E-state index contributed by atoms with van der Waals surface area (Å²) in [5.74, 6) is 0.110. The first-order valence-corrected chi connectivity index (χ1v) is 5.11. The molecule has 2 unspecified atom stereocenters. The number of aromatic nitrogens is 2. The van der Waals surface area contributed by atoms with Crippen LogP contribution in [0.2, 0.25) is 0 Å². The molecule has 4 heteroatoms. The minimum atomic E-state index is -0.879. The predicted octanol–water partition coefficient (Wildman–Crippen LogP) is 1.43. The van der Waals surface area contributed by atoms with Crippen molar-refractivity contribution in [2.75, 3.05) is 13.1 Å². The smallest absolute Gasteiger partial charge is 0.146 e. The molecule has 1 aromatic heterocycles. The van der Waals surface area contributed by atoms with E-state index in [4.69, 9.17) is 0 Å². The number of halogens is 1. The first-order chi connectivity index (χ1) is 6.79. The summed E-state index contributed by atoms with van der Waals surface area (Å²) >= 11 is 0. The quantitative estimate of drug-likeness (QED) is 0.777. The molecule has 1 saturated heterocycles. The third-order valence-electron chi connectivity index (χ3n) is 2.89. The molecule has 0 aliphatic carbocycles. The van der Waals surface area contributed by atoms with E-state index in [1.165, 1.54) is 0 Å². The van der Waals surface area contributed by atoms with Gasteiger partial charge in [-0.25, -0.2) is 4.39 Å². The summed E-state index contributed by atoms with van der Waals surface area (Å²) in [5.41, 5.74) is 0.693. The van der Waals surface area contributed by atoms with Crippen molar-refractivity contribution in [3.63, 3.8) is 0 Å². The van der Waals surface area contributed by atoms with Gasteiger partial charge in [0.2, 0.25) is 0 Å². The summed E-state index contributed by atoms with van der Waals surface area (Å²) in [6, 6.07) is 1.76. The van der Waals surface area contributed by atoms with Gasteiger partial charge in [-0.05, 0) is 25.5 Å². The van der Waals surface area contributed by atoms with Gasteiger partial charge in [0.1, 0.15) is 6.17 Å². The molecule has 78 valence electrons. The standard InChI is InChI=1S/C10H16FN3/c1-14-9(4-6-13-14)10(11)8-3-2-5-12-7-8/h4,6,8,10,12H,2-3,5,7H2,1H3. The molecular weight excluding hydrogens is 181 g/mol. The van der Waals surface area contributed by atoms with Crippen LogP contribution in [0.25, 0.3) is 0 Å². The second kappa shape index (κ2) is 4.09. The van der Waals surface area contributed by atoms with E-state index >= 15 is 0 Å². The van der Waals surface area contributed by atoms with E-state index in [0.29, 0.717) is 5.69 Å². The number of nitrogens with one attached hydrogen (secondary N) is 1. The molecule has 0 saturated carbocycles. The SMILES string of the molecule is Cn1nccc1C(F)C1CCCNC1. The molecule has 0 radical (unpaired) electrons. The maximum Gasteiger partial charge on any atom is 0.146 e. The van der Waals surface area contributed by atoms with Crippen LogP contribution >= 0.6 is 0 Å². The van der Waals surface area contributed by atoms with Crippen molar-refractivity contribution >= 4 is 0 Å². The Morgan fingerprint density at radius 3 is 3.14 bits per heavy atom. The van der Waals surface area contributed by atoms with E-state index < -0.39 is 6.17 Å². The molecule has 1 fully saturated rings. The van der Waals surface area contributed by atoms with Gasteiger partial charge < -0.3 is 5.32 Å². The minimum Gasteiger partial charge on any atom is -0.316 e. The summed E-state index contributed by atoms with van der Waals surface area (Å²) in [7, 11) is 1.79. The lowest BCUT2D eigenvalue weighted by molar-refractivity contribution is 0.185. The molecule has 0 aromatic carbocycles. The molecule has 1 N–H and O–H groups in total. The van der Waals surface area contributed by atoms with Crippen LogP contribution in [0.4, 0.5) is 4.39 Å². The molecule has 1 aliphatic heterocycles. The molecule has 2 heterocycles. The second-order valence-electron chi connectivity index (χ2n) is 3.89. The monoisotopic (exact) mass is 197 g/mol. The summed E-state index contributed by atoms with van der Waals surface area (Å²) < 4.78 is 15.6. The van der Waals surface area contributed by atoms with Crippen molar-refractivity contribution in [1.82, 2.24) is 15.1 Å². The van der Waals surface area contributed by atoms with E-state index in [9.17, 15) is 4.39 Å². The largest absolute Gasteiger partial charge is 0.316 e. The van der Waals surface area contributed by atoms with Gasteiger partial charge >= 0.3 is 0 Å². The van der Waals surface area contributed by atoms with Crippen LogP contribution in [0.1, 0.15) is 24.7 Å². The zero-order chi connectivity index (χ0) is 9.97. The lowest BCUT2D eigenvalue weighted by Gasteiger charge is -2.25. The number of hydrogen-bond donors (Lipinski definition) is 1. The Labute approximate surface area is 83.3 Å². The van der Waals surface area contributed by atoms with Crippen molar-refractivity contribution in [2.45, 2.75) is 19.0 Å². The number of hydrogen-bond acceptors (Lipinski definition) is 2. The summed E-state index contributed by atoms with van der Waals surface area (Å²) in [5, 5.41) is 7.22. The molecule has 3 nitrogen and oxygen atoms in total. The third-order valence-corrected chi connectivity index (χ3v) is 2.89. The Morgan fingerprint density at radius 2 is 2.57 bits per heavy atom. The Hall–Kier alpha value is -0.900. The van der Waals surface area contributed by atoms with E-state index in [1.54, 1.807) is 24.0 Å². The minimum absolute atomic E-state index is 0.110. The Bertz CT molecular complexity index is 291. The maximum absolute atomic E-state index is 14.0. The molecule has 1 aliphatic rings. The highest BCUT2D eigenvalue weighted by Crippen LogP contribution is 2.29. The summed E-state index contributed by atoms with van der Waals surface area (Å²) in [6.07, 6.45) is 2.82. The van der Waals surface area contributed by atoms with Crippen LogP contribution in [-0.4, -0.2) is 22.9 Å². The maximum atomic E-state index is 14.0. The highest BCUT2D eigenvalue weighted by atomic mass is 19.1. The highest BCUT2D eigenvalue weighted by Gasteiger charge is 2.26. The van der Waals surface area contributed by atoms with Gasteiger partial charge in [0.05, 0.1) is 5.69 Å². The number of piperidine rings is 1. The molecule has 2 atom stereocenters. The normalized spacial score (nSPS) is 24.9. The first-order valence-electron chi connectivity index (χ1n) is 5.11. The van der Waals surface area contributed by atoms with Crippen molar-refractivity contribution in [2.24, 2.45) is 13.0 Å². The lowest BCUT2D eigenvalue weighted by Crippen LogP contribution is -2.32. The van der Waals surface area contributed by atoms with Crippen LogP contribution < -0.4 is 5.32 Å². The molecule has 0 bridgehead atoms. The van der Waals surface area contributed by atoms with Crippen LogP contribution in [0, 0.1) is 5.92 Å². The van der Waals surface area contributed by atoms with E-state index in [2.05, 4.69) is 10.4 Å². The van der Waals surface area contributed by atoms with Crippen LogP contribution in [0.15, 0.2) is 12.3 Å². The van der Waals surface area contributed by atoms with Crippen molar-refractivity contribution in [3.8, 4) is 0 Å². The molecule has 0 amide bonds. The summed E-state index contributed by atoms with van der Waals surface area (Å²) in [4.78, 5) is 0. The van der Waals surface area contributed by atoms with Gasteiger partial charge in [-0.2, -0.15) is 5.10 Å². The van der Waals surface area contributed by atoms with E-state index in [0.717, 1.165) is 25.9 Å². The fourth-order valence-corrected chi connectivity index (χ4v) is 2.02. The van der Waals surface area contributed by atoms with Crippen LogP contribution in [0.3, 0.4) is 0 Å². The fourth-order valence-electron chi connectivity index (χ4n) is 2.02. The lowest BCUT2D eigenvalue weighted by atomic mass is 9.93.